The summed E-state index contributed by atoms with van der Waals surface area (Å²) in [5.74, 6) is 0.767. The molecule has 0 saturated heterocycles. The molecular weight excluding hydrogens is 234 g/mol. The fraction of sp³-hybridized carbons (Fsp3) is 0.412. The molecule has 0 atom stereocenters. The predicted octanol–water partition coefficient (Wildman–Crippen LogP) is 4.45. The van der Waals surface area contributed by atoms with Gasteiger partial charge in [-0.1, -0.05) is 37.5 Å². The summed E-state index contributed by atoms with van der Waals surface area (Å²) in [6.07, 6.45) is 11.4. The van der Waals surface area contributed by atoms with Gasteiger partial charge in [0.05, 0.1) is 0 Å². The van der Waals surface area contributed by atoms with E-state index < -0.39 is 0 Å². The lowest BCUT2D eigenvalue weighted by Crippen LogP contribution is -2.34. The third kappa shape index (κ3) is 7.35. The smallest absolute Gasteiger partial charge is 0.135 e. The fourth-order valence-corrected chi connectivity index (χ4v) is 1.12. The summed E-state index contributed by atoms with van der Waals surface area (Å²) >= 11 is 0. The Kier molecular flexibility index (Phi) is 7.66. The molecule has 0 aromatic rings. The van der Waals surface area contributed by atoms with Crippen LogP contribution in [0.25, 0.3) is 0 Å². The van der Waals surface area contributed by atoms with Gasteiger partial charge >= 0.3 is 0 Å². The van der Waals surface area contributed by atoms with E-state index in [9.17, 15) is 0 Å². The van der Waals surface area contributed by atoms with Crippen molar-refractivity contribution in [3.63, 3.8) is 0 Å². The lowest BCUT2D eigenvalue weighted by Gasteiger charge is -2.31. The molecule has 0 N–H and O–H groups in total. The molecular formula is C17H27NO. The molecule has 106 valence electrons. The van der Waals surface area contributed by atoms with Crippen LogP contribution in [0.4, 0.5) is 0 Å². The van der Waals surface area contributed by atoms with E-state index in [0.29, 0.717) is 6.61 Å². The molecule has 0 radical (unpaired) electrons. The summed E-state index contributed by atoms with van der Waals surface area (Å²) in [6, 6.07) is 0. The number of allylic oxidation sites excluding steroid dienone is 4. The summed E-state index contributed by atoms with van der Waals surface area (Å²) in [4.78, 5) is 2.11. The Morgan fingerprint density at radius 1 is 1.26 bits per heavy atom. The van der Waals surface area contributed by atoms with Crippen LogP contribution in [0.3, 0.4) is 0 Å². The molecule has 2 heteroatoms. The van der Waals surface area contributed by atoms with Gasteiger partial charge in [-0.3, -0.25) is 0 Å². The van der Waals surface area contributed by atoms with Gasteiger partial charge in [0.2, 0.25) is 0 Å². The first-order chi connectivity index (χ1) is 8.85. The van der Waals surface area contributed by atoms with Crippen molar-refractivity contribution in [3.8, 4) is 0 Å². The fourth-order valence-electron chi connectivity index (χ4n) is 1.12. The van der Waals surface area contributed by atoms with Crippen LogP contribution in [0, 0.1) is 0 Å². The molecule has 0 aliphatic heterocycles. The van der Waals surface area contributed by atoms with E-state index in [1.165, 1.54) is 0 Å². The zero-order valence-corrected chi connectivity index (χ0v) is 12.9. The minimum absolute atomic E-state index is 0.0593. The maximum Gasteiger partial charge on any atom is 0.135 e. The minimum Gasteiger partial charge on any atom is -0.487 e. The molecule has 0 aliphatic carbocycles. The zero-order chi connectivity index (χ0) is 14.9. The van der Waals surface area contributed by atoms with Crippen molar-refractivity contribution in [3.05, 3.63) is 61.1 Å². The Hall–Kier alpha value is -1.70. The third-order valence-electron chi connectivity index (χ3n) is 2.80. The Bertz CT molecular complexity index is 381. The Morgan fingerprint density at radius 2 is 1.89 bits per heavy atom. The van der Waals surface area contributed by atoms with Crippen LogP contribution < -0.4 is 0 Å². The molecule has 0 unspecified atom stereocenters. The van der Waals surface area contributed by atoms with Gasteiger partial charge in [0.15, 0.2) is 0 Å². The summed E-state index contributed by atoms with van der Waals surface area (Å²) in [5.41, 5.74) is 1.16. The predicted molar refractivity (Wildman–Crippen MR) is 84.8 cm³/mol. The van der Waals surface area contributed by atoms with Gasteiger partial charge in [0.25, 0.3) is 0 Å². The minimum atomic E-state index is 0.0593. The number of rotatable bonds is 7. The van der Waals surface area contributed by atoms with Gasteiger partial charge in [-0.15, -0.1) is 0 Å². The summed E-state index contributed by atoms with van der Waals surface area (Å²) < 4.78 is 5.75. The maximum absolute atomic E-state index is 5.75. The van der Waals surface area contributed by atoms with E-state index in [2.05, 4.69) is 38.8 Å². The van der Waals surface area contributed by atoms with E-state index in [4.69, 9.17) is 4.74 Å². The maximum atomic E-state index is 5.75. The molecule has 0 aromatic carbocycles. The lowest BCUT2D eigenvalue weighted by atomic mass is 10.1. The van der Waals surface area contributed by atoms with Gasteiger partial charge in [-0.2, -0.15) is 0 Å². The molecule has 19 heavy (non-hydrogen) atoms. The van der Waals surface area contributed by atoms with Crippen molar-refractivity contribution >= 4 is 0 Å². The molecule has 0 bridgehead atoms. The van der Waals surface area contributed by atoms with Gasteiger partial charge in [0, 0.05) is 18.8 Å². The zero-order valence-electron chi connectivity index (χ0n) is 12.9. The van der Waals surface area contributed by atoms with E-state index in [1.807, 2.05) is 38.4 Å². The Labute approximate surface area is 118 Å². The molecule has 0 amide bonds. The Balaban J connectivity index is 4.66. The van der Waals surface area contributed by atoms with Crippen molar-refractivity contribution in [1.82, 2.24) is 4.90 Å². The average Bonchev–Trinajstić information content (AvgIpc) is 2.35. The van der Waals surface area contributed by atoms with Crippen LogP contribution in [0.2, 0.25) is 0 Å². The second kappa shape index (κ2) is 8.41. The highest BCUT2D eigenvalue weighted by Gasteiger charge is 2.14. The molecule has 0 fully saturated rings. The summed E-state index contributed by atoms with van der Waals surface area (Å²) in [6.45, 7) is 16.4. The summed E-state index contributed by atoms with van der Waals surface area (Å²) in [5, 5.41) is 0. The molecule has 0 aromatic heterocycles. The van der Waals surface area contributed by atoms with E-state index in [1.54, 1.807) is 12.2 Å². The topological polar surface area (TPSA) is 12.5 Å². The van der Waals surface area contributed by atoms with Crippen LogP contribution in [0.5, 0.6) is 0 Å². The van der Waals surface area contributed by atoms with E-state index in [0.717, 1.165) is 11.3 Å². The van der Waals surface area contributed by atoms with Crippen LogP contribution in [-0.2, 0) is 4.74 Å². The highest BCUT2D eigenvalue weighted by atomic mass is 16.5. The molecule has 0 aliphatic rings. The van der Waals surface area contributed by atoms with Gasteiger partial charge in [-0.25, -0.2) is 0 Å². The van der Waals surface area contributed by atoms with Crippen LogP contribution >= 0.6 is 0 Å². The largest absolute Gasteiger partial charge is 0.487 e. The number of hydrogen-bond donors (Lipinski definition) is 0. The van der Waals surface area contributed by atoms with Crippen molar-refractivity contribution in [2.24, 2.45) is 0 Å². The standard InChI is InChI=1S/C17H27NO/c1-8-11-12-15(9-2)14-19-16(10-3)13-18(7)17(4,5)6/h8-13H,1,3,14H2,2,4-7H3/b12-11-,15-9+,16-13+. The van der Waals surface area contributed by atoms with Crippen LogP contribution in [0.1, 0.15) is 27.7 Å². The highest BCUT2D eigenvalue weighted by Crippen LogP contribution is 2.14. The average molecular weight is 261 g/mol. The molecule has 0 rings (SSSR count). The molecule has 0 saturated carbocycles. The van der Waals surface area contributed by atoms with Gasteiger partial charge in [-0.05, 0) is 39.3 Å². The van der Waals surface area contributed by atoms with E-state index in [-0.39, 0.29) is 5.54 Å². The van der Waals surface area contributed by atoms with Crippen LogP contribution in [0.15, 0.2) is 61.1 Å². The molecule has 2 nitrogen and oxygen atoms in total. The quantitative estimate of drug-likeness (QED) is 0.496. The van der Waals surface area contributed by atoms with Crippen molar-refractivity contribution < 1.29 is 4.74 Å². The summed E-state index contributed by atoms with van der Waals surface area (Å²) in [7, 11) is 2.03. The van der Waals surface area contributed by atoms with Crippen molar-refractivity contribution in [1.29, 1.82) is 0 Å². The number of nitrogens with zero attached hydrogens (tertiary/aromatic N) is 1. The van der Waals surface area contributed by atoms with Gasteiger partial charge in [0.1, 0.15) is 12.4 Å². The SMILES string of the molecule is C=C/C=C\C(=C/C)CO/C(C=C)=C/N(C)C(C)(C)C. The number of hydrogen-bond acceptors (Lipinski definition) is 2. The van der Waals surface area contributed by atoms with E-state index >= 15 is 0 Å². The Morgan fingerprint density at radius 3 is 2.32 bits per heavy atom. The first-order valence-corrected chi connectivity index (χ1v) is 6.49. The van der Waals surface area contributed by atoms with Gasteiger partial charge < -0.3 is 9.64 Å². The highest BCUT2D eigenvalue weighted by molar-refractivity contribution is 5.22. The van der Waals surface area contributed by atoms with Crippen molar-refractivity contribution in [2.75, 3.05) is 13.7 Å². The second-order valence-corrected chi connectivity index (χ2v) is 5.26. The third-order valence-corrected chi connectivity index (χ3v) is 2.80. The lowest BCUT2D eigenvalue weighted by molar-refractivity contribution is 0.212. The molecule has 0 spiro atoms. The number of ether oxygens (including phenoxy) is 1. The normalized spacial score (nSPS) is 13.5. The first-order valence-electron chi connectivity index (χ1n) is 6.49. The second-order valence-electron chi connectivity index (χ2n) is 5.26. The molecule has 0 heterocycles. The first kappa shape index (κ1) is 17.3. The van der Waals surface area contributed by atoms with Crippen LogP contribution in [-0.4, -0.2) is 24.1 Å². The van der Waals surface area contributed by atoms with Crippen molar-refractivity contribution in [2.45, 2.75) is 33.2 Å². The monoisotopic (exact) mass is 261 g/mol.